The molecule has 0 amide bonds. The quantitative estimate of drug-likeness (QED) is 0.643. The van der Waals surface area contributed by atoms with Gasteiger partial charge in [-0.15, -0.1) is 0 Å². The highest BCUT2D eigenvalue weighted by molar-refractivity contribution is 9.10. The maximum Gasteiger partial charge on any atom is 0.388 e. The molecule has 0 unspecified atom stereocenters. The number of aromatic nitrogens is 4. The Balaban J connectivity index is 2.65. The van der Waals surface area contributed by atoms with E-state index in [1.807, 2.05) is 0 Å². The maximum absolute atomic E-state index is 11.2. The van der Waals surface area contributed by atoms with Crippen LogP contribution in [0.15, 0.2) is 27.5 Å². The van der Waals surface area contributed by atoms with Gasteiger partial charge in [0.2, 0.25) is 0 Å². The predicted molar refractivity (Wildman–Crippen MR) is 56.3 cm³/mol. The minimum Gasteiger partial charge on any atom is -0.258 e. The first-order chi connectivity index (χ1) is 7.59. The van der Waals surface area contributed by atoms with E-state index < -0.39 is 10.6 Å². The van der Waals surface area contributed by atoms with Gasteiger partial charge in [-0.1, -0.05) is 5.10 Å². The second kappa shape index (κ2) is 3.85. The van der Waals surface area contributed by atoms with Crippen molar-refractivity contribution in [3.8, 4) is 5.69 Å². The molecule has 1 heterocycles. The molecule has 9 heteroatoms. The molecule has 0 radical (unpaired) electrons. The monoisotopic (exact) mass is 285 g/mol. The lowest BCUT2D eigenvalue weighted by Crippen LogP contribution is -2.16. The van der Waals surface area contributed by atoms with Gasteiger partial charge in [0.25, 0.3) is 5.69 Å². The van der Waals surface area contributed by atoms with Crippen molar-refractivity contribution < 1.29 is 4.92 Å². The molecule has 0 atom stereocenters. The lowest BCUT2D eigenvalue weighted by Gasteiger charge is -2.02. The third kappa shape index (κ3) is 1.72. The van der Waals surface area contributed by atoms with Gasteiger partial charge in [-0.3, -0.25) is 10.1 Å². The van der Waals surface area contributed by atoms with Crippen molar-refractivity contribution >= 4 is 21.6 Å². The Morgan fingerprint density at radius 3 is 2.81 bits per heavy atom. The predicted octanol–water partition coefficient (Wildman–Crippen LogP) is 0.626. The van der Waals surface area contributed by atoms with Gasteiger partial charge in [0.15, 0.2) is 0 Å². The van der Waals surface area contributed by atoms with Crippen molar-refractivity contribution in [2.24, 2.45) is 0 Å². The second-order valence-corrected chi connectivity index (χ2v) is 3.67. The summed E-state index contributed by atoms with van der Waals surface area (Å²) in [5.74, 6) is 0. The van der Waals surface area contributed by atoms with Gasteiger partial charge in [-0.25, -0.2) is 4.79 Å². The summed E-state index contributed by atoms with van der Waals surface area (Å²) in [6.45, 7) is 0. The summed E-state index contributed by atoms with van der Waals surface area (Å²) in [6, 6.07) is 4.04. The number of nitrogens with one attached hydrogen (secondary N) is 1. The highest BCUT2D eigenvalue weighted by Crippen LogP contribution is 2.24. The molecule has 0 saturated carbocycles. The van der Waals surface area contributed by atoms with E-state index in [2.05, 4.69) is 31.5 Å². The molecule has 82 valence electrons. The summed E-state index contributed by atoms with van der Waals surface area (Å²) in [6.07, 6.45) is 0. The van der Waals surface area contributed by atoms with Crippen LogP contribution in [0.5, 0.6) is 0 Å². The molecule has 2 rings (SSSR count). The van der Waals surface area contributed by atoms with E-state index in [1.165, 1.54) is 18.2 Å². The third-order valence-corrected chi connectivity index (χ3v) is 2.52. The van der Waals surface area contributed by atoms with Crippen LogP contribution in [0.1, 0.15) is 0 Å². The summed E-state index contributed by atoms with van der Waals surface area (Å²) < 4.78 is 1.52. The molecule has 0 aliphatic carbocycles. The van der Waals surface area contributed by atoms with Gasteiger partial charge < -0.3 is 0 Å². The summed E-state index contributed by atoms with van der Waals surface area (Å²) in [5.41, 5.74) is -0.481. The Hall–Kier alpha value is -2.03. The van der Waals surface area contributed by atoms with Gasteiger partial charge in [-0.2, -0.15) is 9.90 Å². The largest absolute Gasteiger partial charge is 0.388 e. The number of nitro benzene ring substituents is 1. The van der Waals surface area contributed by atoms with Gasteiger partial charge in [-0.05, 0) is 27.2 Å². The SMILES string of the molecule is O=c1nn[nH]n1-c1cc([N+](=O)[O-])ccc1Br. The lowest BCUT2D eigenvalue weighted by atomic mass is 10.3. The van der Waals surface area contributed by atoms with Crippen LogP contribution in [0.3, 0.4) is 0 Å². The van der Waals surface area contributed by atoms with Crippen LogP contribution in [0.2, 0.25) is 0 Å². The highest BCUT2D eigenvalue weighted by atomic mass is 79.9. The molecule has 0 bridgehead atoms. The molecular weight excluding hydrogens is 282 g/mol. The van der Waals surface area contributed by atoms with E-state index in [9.17, 15) is 14.9 Å². The van der Waals surface area contributed by atoms with Crippen molar-refractivity contribution in [2.45, 2.75) is 0 Å². The number of nitrogens with zero attached hydrogens (tertiary/aromatic N) is 4. The standard InChI is InChI=1S/C7H4BrN5O3/c8-5-2-1-4(13(15)16)3-6(5)12-7(14)9-10-11-12/h1-3H,(H,9,11,14). The smallest absolute Gasteiger partial charge is 0.258 e. The normalized spacial score (nSPS) is 10.3. The molecule has 0 saturated heterocycles. The van der Waals surface area contributed by atoms with Gasteiger partial charge >= 0.3 is 5.69 Å². The summed E-state index contributed by atoms with van der Waals surface area (Å²) in [5, 5.41) is 19.4. The maximum atomic E-state index is 11.2. The summed E-state index contributed by atoms with van der Waals surface area (Å²) in [7, 11) is 0. The van der Waals surface area contributed by atoms with Crippen molar-refractivity contribution in [2.75, 3.05) is 0 Å². The van der Waals surface area contributed by atoms with Gasteiger partial charge in [0.1, 0.15) is 0 Å². The van der Waals surface area contributed by atoms with E-state index in [1.54, 1.807) is 0 Å². The van der Waals surface area contributed by atoms with Crippen molar-refractivity contribution in [3.05, 3.63) is 43.3 Å². The van der Waals surface area contributed by atoms with Crippen molar-refractivity contribution in [1.82, 2.24) is 20.2 Å². The molecule has 0 fully saturated rings. The molecule has 1 aromatic carbocycles. The van der Waals surface area contributed by atoms with Crippen LogP contribution in [-0.2, 0) is 0 Å². The van der Waals surface area contributed by atoms with Crippen LogP contribution in [0.4, 0.5) is 5.69 Å². The minimum atomic E-state index is -0.638. The number of rotatable bonds is 2. The van der Waals surface area contributed by atoms with E-state index in [-0.39, 0.29) is 11.4 Å². The van der Waals surface area contributed by atoms with E-state index in [0.717, 1.165) is 4.68 Å². The van der Waals surface area contributed by atoms with Crippen LogP contribution in [-0.4, -0.2) is 25.1 Å². The number of hydrogen-bond acceptors (Lipinski definition) is 5. The third-order valence-electron chi connectivity index (χ3n) is 1.85. The van der Waals surface area contributed by atoms with Crippen LogP contribution < -0.4 is 5.69 Å². The first-order valence-corrected chi connectivity index (χ1v) is 4.83. The number of aromatic amines is 1. The minimum absolute atomic E-state index is 0.125. The topological polar surface area (TPSA) is 107 Å². The number of halogens is 1. The Morgan fingerprint density at radius 2 is 2.25 bits per heavy atom. The molecule has 8 nitrogen and oxygen atoms in total. The number of non-ortho nitro benzene ring substituents is 1. The Bertz CT molecular complexity index is 604. The van der Waals surface area contributed by atoms with Crippen LogP contribution >= 0.6 is 15.9 Å². The average Bonchev–Trinajstić information content (AvgIpc) is 2.65. The number of hydrogen-bond donors (Lipinski definition) is 1. The zero-order chi connectivity index (χ0) is 11.7. The van der Waals surface area contributed by atoms with E-state index in [4.69, 9.17) is 0 Å². The molecule has 16 heavy (non-hydrogen) atoms. The number of H-pyrrole nitrogens is 1. The average molecular weight is 286 g/mol. The lowest BCUT2D eigenvalue weighted by molar-refractivity contribution is -0.384. The Kier molecular flexibility index (Phi) is 2.52. The molecule has 0 aliphatic heterocycles. The highest BCUT2D eigenvalue weighted by Gasteiger charge is 2.13. The molecule has 1 N–H and O–H groups in total. The van der Waals surface area contributed by atoms with Crippen molar-refractivity contribution in [1.29, 1.82) is 0 Å². The first-order valence-electron chi connectivity index (χ1n) is 4.04. The van der Waals surface area contributed by atoms with E-state index in [0.29, 0.717) is 4.47 Å². The number of benzene rings is 1. The number of tetrazole rings is 1. The first kappa shape index (κ1) is 10.5. The zero-order valence-electron chi connectivity index (χ0n) is 7.62. The molecule has 1 aromatic heterocycles. The second-order valence-electron chi connectivity index (χ2n) is 2.81. The molecule has 0 spiro atoms. The van der Waals surface area contributed by atoms with E-state index >= 15 is 0 Å². The Labute approximate surface area is 96.2 Å². The van der Waals surface area contributed by atoms with Gasteiger partial charge in [0.05, 0.1) is 10.6 Å². The summed E-state index contributed by atoms with van der Waals surface area (Å²) >= 11 is 3.18. The van der Waals surface area contributed by atoms with Crippen LogP contribution in [0, 0.1) is 10.1 Å². The van der Waals surface area contributed by atoms with Gasteiger partial charge in [0, 0.05) is 16.6 Å². The Morgan fingerprint density at radius 1 is 1.50 bits per heavy atom. The zero-order valence-corrected chi connectivity index (χ0v) is 9.21. The fourth-order valence-corrected chi connectivity index (χ4v) is 1.56. The molecular formula is C7H4BrN5O3. The fraction of sp³-hybridized carbons (Fsp3) is 0. The number of nitro groups is 1. The van der Waals surface area contributed by atoms with Crippen LogP contribution in [0.25, 0.3) is 5.69 Å². The summed E-state index contributed by atoms with van der Waals surface area (Å²) in [4.78, 5) is 21.2. The van der Waals surface area contributed by atoms with Crippen molar-refractivity contribution in [3.63, 3.8) is 0 Å². The molecule has 2 aromatic rings. The molecule has 0 aliphatic rings. The fourth-order valence-electron chi connectivity index (χ4n) is 1.14.